The molecule has 2 heterocycles. The molecule has 0 spiro atoms. The van der Waals surface area contributed by atoms with Gasteiger partial charge in [-0.15, -0.1) is 0 Å². The molecule has 0 saturated heterocycles. The number of ether oxygens (including phenoxy) is 1. The fourth-order valence-corrected chi connectivity index (χ4v) is 4.41. The predicted molar refractivity (Wildman–Crippen MR) is 132 cm³/mol. The Morgan fingerprint density at radius 1 is 1.15 bits per heavy atom. The minimum atomic E-state index is -0.703. The molecule has 3 N–H and O–H groups in total. The smallest absolute Gasteiger partial charge is 0.330 e. The van der Waals surface area contributed by atoms with Crippen LogP contribution in [0.2, 0.25) is 0 Å². The molecule has 0 bridgehead atoms. The Bertz CT molecular complexity index is 1280. The van der Waals surface area contributed by atoms with Crippen LogP contribution in [-0.2, 0) is 22.5 Å². The number of H-pyrrole nitrogens is 1. The van der Waals surface area contributed by atoms with Crippen molar-refractivity contribution >= 4 is 23.1 Å². The number of rotatable bonds is 8. The minimum absolute atomic E-state index is 0.0438. The molecular formula is C25H29N5O4. The average Bonchev–Trinajstić information content (AvgIpc) is 3.14. The Morgan fingerprint density at radius 2 is 1.85 bits per heavy atom. The lowest BCUT2D eigenvalue weighted by Crippen LogP contribution is -2.47. The molecule has 34 heavy (non-hydrogen) atoms. The molecular weight excluding hydrogens is 434 g/mol. The van der Waals surface area contributed by atoms with Crippen molar-refractivity contribution in [1.82, 2.24) is 9.55 Å². The third-order valence-electron chi connectivity index (χ3n) is 6.14. The summed E-state index contributed by atoms with van der Waals surface area (Å²) in [5, 5.41) is 0. The van der Waals surface area contributed by atoms with Crippen LogP contribution in [0.4, 0.5) is 17.2 Å². The lowest BCUT2D eigenvalue weighted by Gasteiger charge is -2.29. The summed E-state index contributed by atoms with van der Waals surface area (Å²) in [4.78, 5) is 44.7. The second-order valence-corrected chi connectivity index (χ2v) is 8.41. The molecule has 1 aliphatic heterocycles. The summed E-state index contributed by atoms with van der Waals surface area (Å²) < 4.78 is 6.46. The van der Waals surface area contributed by atoms with Gasteiger partial charge in [-0.05, 0) is 30.5 Å². The summed E-state index contributed by atoms with van der Waals surface area (Å²) in [5.41, 5.74) is 8.00. The van der Waals surface area contributed by atoms with E-state index in [1.807, 2.05) is 53.4 Å². The van der Waals surface area contributed by atoms with Gasteiger partial charge in [0.2, 0.25) is 5.91 Å². The van der Waals surface area contributed by atoms with E-state index in [0.717, 1.165) is 17.7 Å². The van der Waals surface area contributed by atoms with E-state index in [-0.39, 0.29) is 49.7 Å². The Hall–Kier alpha value is -3.85. The van der Waals surface area contributed by atoms with E-state index in [1.54, 1.807) is 0 Å². The van der Waals surface area contributed by atoms with Gasteiger partial charge in [0, 0.05) is 25.4 Å². The van der Waals surface area contributed by atoms with E-state index in [4.69, 9.17) is 10.5 Å². The number of hydrogen-bond donors (Lipinski definition) is 2. The number of para-hydroxylation sites is 1. The average molecular weight is 464 g/mol. The number of aromatic amines is 1. The number of nitrogens with two attached hydrogens (primary N) is 1. The first-order chi connectivity index (χ1) is 16.4. The van der Waals surface area contributed by atoms with Crippen molar-refractivity contribution in [2.75, 3.05) is 42.3 Å². The first-order valence-electron chi connectivity index (χ1n) is 11.2. The van der Waals surface area contributed by atoms with Crippen LogP contribution in [0.1, 0.15) is 18.1 Å². The lowest BCUT2D eigenvalue weighted by atomic mass is 10.1. The van der Waals surface area contributed by atoms with Crippen LogP contribution >= 0.6 is 0 Å². The molecule has 4 rings (SSSR count). The van der Waals surface area contributed by atoms with Gasteiger partial charge in [0.05, 0.1) is 19.7 Å². The number of nitrogen functional groups attached to an aromatic ring is 1. The number of aromatic nitrogens is 2. The maximum absolute atomic E-state index is 13.6. The van der Waals surface area contributed by atoms with E-state index in [0.29, 0.717) is 0 Å². The van der Waals surface area contributed by atoms with Crippen molar-refractivity contribution < 1.29 is 9.53 Å². The molecule has 9 heteroatoms. The van der Waals surface area contributed by atoms with Crippen molar-refractivity contribution in [3.05, 3.63) is 86.6 Å². The molecule has 1 aliphatic rings. The number of benzene rings is 2. The highest BCUT2D eigenvalue weighted by molar-refractivity contribution is 5.98. The van der Waals surface area contributed by atoms with Crippen LogP contribution in [0.25, 0.3) is 0 Å². The van der Waals surface area contributed by atoms with Gasteiger partial charge < -0.3 is 20.3 Å². The first kappa shape index (κ1) is 23.3. The second kappa shape index (κ2) is 9.96. The largest absolute Gasteiger partial charge is 0.383 e. The molecule has 1 aromatic heterocycles. The molecule has 0 saturated carbocycles. The van der Waals surface area contributed by atoms with Crippen molar-refractivity contribution in [3.63, 3.8) is 0 Å². The normalized spacial score (nSPS) is 14.8. The van der Waals surface area contributed by atoms with Gasteiger partial charge in [-0.2, -0.15) is 0 Å². The van der Waals surface area contributed by atoms with Crippen LogP contribution < -0.4 is 26.8 Å². The Labute approximate surface area is 197 Å². The Kier molecular flexibility index (Phi) is 6.83. The highest BCUT2D eigenvalue weighted by Crippen LogP contribution is 2.32. The van der Waals surface area contributed by atoms with E-state index >= 15 is 0 Å². The van der Waals surface area contributed by atoms with Crippen molar-refractivity contribution in [2.45, 2.75) is 25.9 Å². The number of carbonyl (C=O) groups excluding carboxylic acids is 1. The maximum Gasteiger partial charge on any atom is 0.330 e. The molecule has 1 atom stereocenters. The summed E-state index contributed by atoms with van der Waals surface area (Å²) >= 11 is 0. The topological polar surface area (TPSA) is 114 Å². The van der Waals surface area contributed by atoms with Gasteiger partial charge in [0.15, 0.2) is 5.69 Å². The van der Waals surface area contributed by atoms with Gasteiger partial charge >= 0.3 is 5.69 Å². The van der Waals surface area contributed by atoms with E-state index in [9.17, 15) is 14.4 Å². The SMILES string of the molecule is COCCN(C(=O)CN1c2ccccc2CC1C)c1c(N)n(Cc2ccccc2)c(=O)[nH]c1=O. The highest BCUT2D eigenvalue weighted by atomic mass is 16.5. The molecule has 178 valence electrons. The standard InChI is InChI=1S/C25H29N5O4/c1-17-14-19-10-6-7-11-20(19)29(17)16-21(31)28(12-13-34-2)22-23(26)30(25(33)27-24(22)32)15-18-8-4-3-5-9-18/h3-11,17H,12-16,26H2,1-2H3,(H,27,32,33). The van der Waals surface area contributed by atoms with E-state index in [2.05, 4.69) is 18.0 Å². The van der Waals surface area contributed by atoms with Gasteiger partial charge in [-0.3, -0.25) is 19.1 Å². The van der Waals surface area contributed by atoms with Gasteiger partial charge in [-0.1, -0.05) is 48.5 Å². The molecule has 0 fully saturated rings. The summed E-state index contributed by atoms with van der Waals surface area (Å²) in [6, 6.07) is 17.4. The van der Waals surface area contributed by atoms with Gasteiger partial charge in [-0.25, -0.2) is 4.79 Å². The van der Waals surface area contributed by atoms with Crippen LogP contribution in [0.5, 0.6) is 0 Å². The summed E-state index contributed by atoms with van der Waals surface area (Å²) in [6.45, 7) is 2.62. The number of fused-ring (bicyclic) bond motifs is 1. The van der Waals surface area contributed by atoms with E-state index < -0.39 is 11.2 Å². The molecule has 9 nitrogen and oxygen atoms in total. The Morgan fingerprint density at radius 3 is 2.59 bits per heavy atom. The highest BCUT2D eigenvalue weighted by Gasteiger charge is 2.31. The first-order valence-corrected chi connectivity index (χ1v) is 11.2. The van der Waals surface area contributed by atoms with Crippen molar-refractivity contribution in [1.29, 1.82) is 0 Å². The molecule has 2 aromatic carbocycles. The monoisotopic (exact) mass is 463 g/mol. The summed E-state index contributed by atoms with van der Waals surface area (Å²) in [6.07, 6.45) is 0.839. The minimum Gasteiger partial charge on any atom is -0.383 e. The van der Waals surface area contributed by atoms with E-state index in [1.165, 1.54) is 22.1 Å². The fourth-order valence-electron chi connectivity index (χ4n) is 4.41. The molecule has 0 radical (unpaired) electrons. The van der Waals surface area contributed by atoms with Gasteiger partial charge in [0.25, 0.3) is 5.56 Å². The maximum atomic E-state index is 13.6. The fraction of sp³-hybridized carbons (Fsp3) is 0.320. The lowest BCUT2D eigenvalue weighted by molar-refractivity contribution is -0.117. The van der Waals surface area contributed by atoms with Crippen LogP contribution in [0.15, 0.2) is 64.2 Å². The third-order valence-corrected chi connectivity index (χ3v) is 6.14. The number of nitrogens with one attached hydrogen (secondary N) is 1. The zero-order chi connectivity index (χ0) is 24.2. The predicted octanol–water partition coefficient (Wildman–Crippen LogP) is 1.60. The van der Waals surface area contributed by atoms with Gasteiger partial charge in [0.1, 0.15) is 5.82 Å². The quantitative estimate of drug-likeness (QED) is 0.525. The third kappa shape index (κ3) is 4.60. The van der Waals surface area contributed by atoms with Crippen LogP contribution in [-0.4, -0.2) is 48.3 Å². The second-order valence-electron chi connectivity index (χ2n) is 8.41. The number of methoxy groups -OCH3 is 1. The van der Waals surface area contributed by atoms with Crippen LogP contribution in [0.3, 0.4) is 0 Å². The molecule has 1 unspecified atom stereocenters. The molecule has 0 aliphatic carbocycles. The molecule has 1 amide bonds. The number of carbonyl (C=O) groups is 1. The number of amides is 1. The zero-order valence-electron chi connectivity index (χ0n) is 19.4. The number of nitrogens with zero attached hydrogens (tertiary/aromatic N) is 3. The summed E-state index contributed by atoms with van der Waals surface area (Å²) in [7, 11) is 1.52. The van der Waals surface area contributed by atoms with Crippen molar-refractivity contribution in [3.8, 4) is 0 Å². The summed E-state index contributed by atoms with van der Waals surface area (Å²) in [5.74, 6) is -0.361. The number of anilines is 3. The number of hydrogen-bond acceptors (Lipinski definition) is 6. The van der Waals surface area contributed by atoms with Crippen LogP contribution in [0, 0.1) is 0 Å². The Balaban J connectivity index is 1.70. The zero-order valence-corrected chi connectivity index (χ0v) is 19.4. The van der Waals surface area contributed by atoms with Crippen molar-refractivity contribution in [2.24, 2.45) is 0 Å². The molecule has 3 aromatic rings.